The van der Waals surface area contributed by atoms with Crippen molar-refractivity contribution in [2.45, 2.75) is 37.9 Å². The number of nitrogens with zero attached hydrogens (tertiary/aromatic N) is 1. The quantitative estimate of drug-likeness (QED) is 0.907. The van der Waals surface area contributed by atoms with Crippen LogP contribution in [0.2, 0.25) is 5.02 Å². The van der Waals surface area contributed by atoms with Gasteiger partial charge in [-0.3, -0.25) is 4.90 Å². The molecule has 2 aliphatic rings. The Balaban J connectivity index is 1.61. The summed E-state index contributed by atoms with van der Waals surface area (Å²) >= 11 is 5.86. The highest BCUT2D eigenvalue weighted by Crippen LogP contribution is 2.28. The van der Waals surface area contributed by atoms with E-state index in [9.17, 15) is 4.39 Å². The van der Waals surface area contributed by atoms with Crippen molar-refractivity contribution in [2.24, 2.45) is 0 Å². The molecule has 2 saturated heterocycles. The largest absolute Gasteiger partial charge is 0.308 e. The van der Waals surface area contributed by atoms with Gasteiger partial charge in [0.1, 0.15) is 5.82 Å². The van der Waals surface area contributed by atoms with Crippen LogP contribution < -0.4 is 5.32 Å². The van der Waals surface area contributed by atoms with Crippen LogP contribution in [-0.2, 0) is 6.54 Å². The Morgan fingerprint density at radius 3 is 3.00 bits per heavy atom. The number of rotatable bonds is 3. The molecule has 0 amide bonds. The molecule has 0 aromatic heterocycles. The van der Waals surface area contributed by atoms with Crippen molar-refractivity contribution in [3.05, 3.63) is 34.6 Å². The number of fused-ring (bicyclic) bond motifs is 1. The maximum absolute atomic E-state index is 13.2. The fourth-order valence-corrected chi connectivity index (χ4v) is 3.53. The molecule has 2 aliphatic heterocycles. The molecule has 0 aliphatic carbocycles. The Morgan fingerprint density at radius 2 is 2.17 bits per heavy atom. The second-order valence-electron chi connectivity index (χ2n) is 5.30. The number of nitrogens with one attached hydrogen (secondary N) is 1. The third kappa shape index (κ3) is 2.53. The van der Waals surface area contributed by atoms with Crippen LogP contribution in [-0.4, -0.2) is 30.1 Å². The first-order valence-electron chi connectivity index (χ1n) is 6.65. The number of hydrogen-bond donors (Lipinski definition) is 1. The first kappa shape index (κ1) is 12.4. The Hall–Kier alpha value is -0.640. The van der Waals surface area contributed by atoms with Gasteiger partial charge in [-0.15, -0.1) is 0 Å². The first-order chi connectivity index (χ1) is 8.72. The molecule has 2 heterocycles. The maximum atomic E-state index is 13.2. The molecule has 0 bridgehead atoms. The Labute approximate surface area is 112 Å². The summed E-state index contributed by atoms with van der Waals surface area (Å²) in [5.74, 6) is -0.256. The van der Waals surface area contributed by atoms with E-state index in [0.29, 0.717) is 23.7 Å². The Kier molecular flexibility index (Phi) is 3.55. The van der Waals surface area contributed by atoms with E-state index in [2.05, 4.69) is 10.2 Å². The molecule has 1 N–H and O–H groups in total. The molecule has 1 aromatic carbocycles. The van der Waals surface area contributed by atoms with Crippen molar-refractivity contribution in [1.29, 1.82) is 0 Å². The SMILES string of the molecule is Fc1cc(Cl)cc(CNC2CCN3CCCC23)c1. The van der Waals surface area contributed by atoms with Crippen molar-refractivity contribution in [3.63, 3.8) is 0 Å². The fourth-order valence-electron chi connectivity index (χ4n) is 3.28. The van der Waals surface area contributed by atoms with Gasteiger partial charge in [0.25, 0.3) is 0 Å². The van der Waals surface area contributed by atoms with Gasteiger partial charge in [0.05, 0.1) is 0 Å². The van der Waals surface area contributed by atoms with E-state index in [1.165, 1.54) is 38.4 Å². The van der Waals surface area contributed by atoms with Gasteiger partial charge in [0.2, 0.25) is 0 Å². The third-order valence-corrected chi connectivity index (χ3v) is 4.31. The van der Waals surface area contributed by atoms with Crippen molar-refractivity contribution < 1.29 is 4.39 Å². The maximum Gasteiger partial charge on any atom is 0.125 e. The molecule has 2 atom stereocenters. The topological polar surface area (TPSA) is 15.3 Å². The first-order valence-corrected chi connectivity index (χ1v) is 7.02. The molecule has 2 fully saturated rings. The highest BCUT2D eigenvalue weighted by atomic mass is 35.5. The monoisotopic (exact) mass is 268 g/mol. The van der Waals surface area contributed by atoms with E-state index in [4.69, 9.17) is 11.6 Å². The predicted octanol–water partition coefficient (Wildman–Crippen LogP) is 2.81. The lowest BCUT2D eigenvalue weighted by atomic mass is 10.1. The summed E-state index contributed by atoms with van der Waals surface area (Å²) in [6.45, 7) is 3.15. The molecule has 1 aromatic rings. The van der Waals surface area contributed by atoms with Gasteiger partial charge >= 0.3 is 0 Å². The van der Waals surface area contributed by atoms with Crippen LogP contribution in [0.5, 0.6) is 0 Å². The third-order valence-electron chi connectivity index (χ3n) is 4.10. The normalized spacial score (nSPS) is 27.7. The summed E-state index contributed by atoms with van der Waals surface area (Å²) in [6.07, 6.45) is 3.81. The highest BCUT2D eigenvalue weighted by molar-refractivity contribution is 6.30. The van der Waals surface area contributed by atoms with Gasteiger partial charge in [0, 0.05) is 30.2 Å². The van der Waals surface area contributed by atoms with Crippen LogP contribution >= 0.6 is 11.6 Å². The van der Waals surface area contributed by atoms with E-state index in [0.717, 1.165) is 5.56 Å². The molecular weight excluding hydrogens is 251 g/mol. The van der Waals surface area contributed by atoms with Crippen LogP contribution in [0.3, 0.4) is 0 Å². The lowest BCUT2D eigenvalue weighted by Gasteiger charge is -2.21. The minimum Gasteiger partial charge on any atom is -0.308 e. The minimum atomic E-state index is -0.256. The van der Waals surface area contributed by atoms with E-state index in [-0.39, 0.29) is 5.82 Å². The van der Waals surface area contributed by atoms with Crippen LogP contribution in [0.25, 0.3) is 0 Å². The van der Waals surface area contributed by atoms with E-state index >= 15 is 0 Å². The van der Waals surface area contributed by atoms with Crippen molar-refractivity contribution in [2.75, 3.05) is 13.1 Å². The summed E-state index contributed by atoms with van der Waals surface area (Å²) < 4.78 is 13.2. The summed E-state index contributed by atoms with van der Waals surface area (Å²) in [5, 5.41) is 4.03. The molecule has 2 unspecified atom stereocenters. The van der Waals surface area contributed by atoms with Gasteiger partial charge in [-0.1, -0.05) is 11.6 Å². The Bertz CT molecular complexity index is 418. The van der Waals surface area contributed by atoms with Gasteiger partial charge in [0.15, 0.2) is 0 Å². The van der Waals surface area contributed by atoms with Gasteiger partial charge in [-0.05, 0) is 49.6 Å². The second kappa shape index (κ2) is 5.16. The predicted molar refractivity (Wildman–Crippen MR) is 71.2 cm³/mol. The average Bonchev–Trinajstić information content (AvgIpc) is 2.87. The molecule has 18 heavy (non-hydrogen) atoms. The fraction of sp³-hybridized carbons (Fsp3) is 0.571. The molecule has 4 heteroatoms. The van der Waals surface area contributed by atoms with Crippen molar-refractivity contribution in [1.82, 2.24) is 10.2 Å². The zero-order valence-electron chi connectivity index (χ0n) is 10.3. The summed E-state index contributed by atoms with van der Waals surface area (Å²) in [5.41, 5.74) is 0.927. The lowest BCUT2D eigenvalue weighted by Crippen LogP contribution is -2.38. The standard InChI is InChI=1S/C14H18ClFN2/c15-11-6-10(7-12(16)8-11)9-17-13-3-5-18-4-1-2-14(13)18/h6-8,13-14,17H,1-5,9H2. The molecular formula is C14H18ClFN2. The van der Waals surface area contributed by atoms with Gasteiger partial charge < -0.3 is 5.32 Å². The van der Waals surface area contributed by atoms with Crippen molar-refractivity contribution in [3.8, 4) is 0 Å². The summed E-state index contributed by atoms with van der Waals surface area (Å²) in [4.78, 5) is 2.57. The number of benzene rings is 1. The lowest BCUT2D eigenvalue weighted by molar-refractivity contribution is 0.298. The molecule has 0 saturated carbocycles. The summed E-state index contributed by atoms with van der Waals surface area (Å²) in [7, 11) is 0. The van der Waals surface area contributed by atoms with Crippen LogP contribution in [0.15, 0.2) is 18.2 Å². The summed E-state index contributed by atoms with van der Waals surface area (Å²) in [6, 6.07) is 5.97. The zero-order chi connectivity index (χ0) is 12.5. The van der Waals surface area contributed by atoms with E-state index in [1.54, 1.807) is 6.07 Å². The zero-order valence-corrected chi connectivity index (χ0v) is 11.1. The average molecular weight is 269 g/mol. The van der Waals surface area contributed by atoms with E-state index in [1.807, 2.05) is 6.07 Å². The number of halogens is 2. The van der Waals surface area contributed by atoms with E-state index < -0.39 is 0 Å². The van der Waals surface area contributed by atoms with Gasteiger partial charge in [-0.2, -0.15) is 0 Å². The minimum absolute atomic E-state index is 0.256. The molecule has 2 nitrogen and oxygen atoms in total. The second-order valence-corrected chi connectivity index (χ2v) is 5.74. The smallest absolute Gasteiger partial charge is 0.125 e. The highest BCUT2D eigenvalue weighted by Gasteiger charge is 2.36. The number of hydrogen-bond acceptors (Lipinski definition) is 2. The van der Waals surface area contributed by atoms with Crippen LogP contribution in [0, 0.1) is 5.82 Å². The molecule has 98 valence electrons. The van der Waals surface area contributed by atoms with Crippen LogP contribution in [0.4, 0.5) is 4.39 Å². The van der Waals surface area contributed by atoms with Gasteiger partial charge in [-0.25, -0.2) is 4.39 Å². The molecule has 0 spiro atoms. The Morgan fingerprint density at radius 1 is 1.28 bits per heavy atom. The van der Waals surface area contributed by atoms with Crippen LogP contribution in [0.1, 0.15) is 24.8 Å². The molecule has 0 radical (unpaired) electrons. The molecule has 3 rings (SSSR count). The van der Waals surface area contributed by atoms with Crippen molar-refractivity contribution >= 4 is 11.6 Å².